The number of hydrogen-bond acceptors (Lipinski definition) is 11. The number of carbonyl (C=O) groups is 6. The van der Waals surface area contributed by atoms with Crippen molar-refractivity contribution in [1.82, 2.24) is 10.6 Å². The first-order valence-electron chi connectivity index (χ1n) is 14.9. The number of esters is 3. The molecule has 0 aliphatic carbocycles. The molecule has 2 amide bonds. The van der Waals surface area contributed by atoms with Gasteiger partial charge in [-0.25, -0.2) is 19.2 Å². The van der Waals surface area contributed by atoms with Gasteiger partial charge >= 0.3 is 36.1 Å². The van der Waals surface area contributed by atoms with Crippen molar-refractivity contribution in [1.29, 1.82) is 0 Å². The minimum Gasteiger partial charge on any atom is -0.481 e. The Labute approximate surface area is 260 Å². The summed E-state index contributed by atoms with van der Waals surface area (Å²) in [4.78, 5) is 74.1. The molecule has 3 N–H and O–H groups in total. The van der Waals surface area contributed by atoms with E-state index in [1.807, 2.05) is 13.8 Å². The maximum Gasteiger partial charge on any atom is 0.408 e. The molecule has 0 aromatic heterocycles. The summed E-state index contributed by atoms with van der Waals surface area (Å²) in [5.74, 6) is -4.25. The van der Waals surface area contributed by atoms with Gasteiger partial charge in [0.05, 0.1) is 0 Å². The van der Waals surface area contributed by atoms with Crippen LogP contribution in [0.2, 0.25) is 0 Å². The van der Waals surface area contributed by atoms with E-state index >= 15 is 0 Å². The van der Waals surface area contributed by atoms with Gasteiger partial charge in [-0.3, -0.25) is 9.59 Å². The molecule has 0 aromatic rings. The number of carboxylic acid groups (broad SMARTS) is 1. The molecule has 5 atom stereocenters. The van der Waals surface area contributed by atoms with Crippen molar-refractivity contribution < 1.29 is 57.6 Å². The summed E-state index contributed by atoms with van der Waals surface area (Å²) >= 11 is 0. The predicted octanol–water partition coefficient (Wildman–Crippen LogP) is 4.12. The Morgan fingerprint density at radius 1 is 0.682 bits per heavy atom. The average molecular weight is 633 g/mol. The van der Waals surface area contributed by atoms with Gasteiger partial charge in [0.1, 0.15) is 36.5 Å². The molecule has 0 spiro atoms. The largest absolute Gasteiger partial charge is 0.481 e. The number of alkyl carbamates (subject to hydrolysis) is 2. The quantitative estimate of drug-likeness (QED) is 0.154. The first-order chi connectivity index (χ1) is 20.2. The highest BCUT2D eigenvalue weighted by Crippen LogP contribution is 2.16. The van der Waals surface area contributed by atoms with Crippen LogP contribution in [-0.2, 0) is 42.9 Å². The summed E-state index contributed by atoms with van der Waals surface area (Å²) in [6.07, 6.45) is -2.34. The topological polar surface area (TPSA) is 193 Å². The lowest BCUT2D eigenvalue weighted by Crippen LogP contribution is -2.50. The van der Waals surface area contributed by atoms with E-state index in [-0.39, 0.29) is 31.1 Å². The highest BCUT2D eigenvalue weighted by atomic mass is 16.6. The number of rotatable bonds is 17. The molecule has 0 aromatic carbocycles. The van der Waals surface area contributed by atoms with Crippen LogP contribution in [0.3, 0.4) is 0 Å². The maximum atomic E-state index is 13.2. The molecule has 254 valence electrons. The lowest BCUT2D eigenvalue weighted by atomic mass is 9.99. The van der Waals surface area contributed by atoms with E-state index in [9.17, 15) is 28.8 Å². The summed E-state index contributed by atoms with van der Waals surface area (Å²) in [7, 11) is 0. The van der Waals surface area contributed by atoms with E-state index in [1.165, 1.54) is 0 Å². The van der Waals surface area contributed by atoms with Crippen LogP contribution in [0.25, 0.3) is 0 Å². The van der Waals surface area contributed by atoms with Crippen molar-refractivity contribution >= 4 is 36.1 Å². The molecule has 0 bridgehead atoms. The van der Waals surface area contributed by atoms with Crippen LogP contribution in [0.1, 0.15) is 101 Å². The minimum atomic E-state index is -1.29. The highest BCUT2D eigenvalue weighted by Gasteiger charge is 2.34. The molecule has 14 nitrogen and oxygen atoms in total. The fraction of sp³-hybridized carbons (Fsp3) is 0.800. The van der Waals surface area contributed by atoms with Crippen LogP contribution >= 0.6 is 0 Å². The van der Waals surface area contributed by atoms with Crippen molar-refractivity contribution in [2.45, 2.75) is 131 Å². The third-order valence-corrected chi connectivity index (χ3v) is 6.17. The second kappa shape index (κ2) is 18.9. The fourth-order valence-corrected chi connectivity index (χ4v) is 3.47. The SMILES string of the molecule is CCC(C)[C@H](NC(=O)OC(C)(C)C)C(=O)OCC(COC(=O)CCCC(=O)O)OC(=O)[C@@H](NC(=O)OC(C)(C)C)C(C)CC. The molecule has 3 unspecified atom stereocenters. The lowest BCUT2D eigenvalue weighted by molar-refractivity contribution is -0.170. The normalized spacial score (nSPS) is 15.0. The van der Waals surface area contributed by atoms with Gasteiger partial charge in [-0.2, -0.15) is 0 Å². The van der Waals surface area contributed by atoms with Crippen LogP contribution in [0.15, 0.2) is 0 Å². The number of carbonyl (C=O) groups excluding carboxylic acids is 5. The molecule has 0 rings (SSSR count). The number of nitrogens with one attached hydrogen (secondary N) is 2. The molecule has 0 fully saturated rings. The van der Waals surface area contributed by atoms with Gasteiger partial charge < -0.3 is 39.4 Å². The van der Waals surface area contributed by atoms with Crippen LogP contribution in [0.4, 0.5) is 9.59 Å². The molecule has 0 aliphatic heterocycles. The Morgan fingerprint density at radius 3 is 1.52 bits per heavy atom. The summed E-state index contributed by atoms with van der Waals surface area (Å²) < 4.78 is 26.7. The zero-order chi connectivity index (χ0) is 34.3. The van der Waals surface area contributed by atoms with E-state index in [1.54, 1.807) is 55.4 Å². The number of hydrogen-bond donors (Lipinski definition) is 3. The van der Waals surface area contributed by atoms with E-state index in [2.05, 4.69) is 10.6 Å². The number of ether oxygens (including phenoxy) is 5. The zero-order valence-corrected chi connectivity index (χ0v) is 27.8. The molecule has 0 saturated heterocycles. The van der Waals surface area contributed by atoms with Gasteiger partial charge in [-0.1, -0.05) is 40.5 Å². The standard InChI is InChI=1S/C30H52N2O12/c1-11-18(3)23(31-27(38)43-29(5,6)7)25(36)41-17-20(16-40-22(35)15-13-14-21(33)34)42-26(37)24(19(4)12-2)32-28(39)44-30(8,9)10/h18-20,23-24H,11-17H2,1-10H3,(H,31,38)(H,32,39)(H,33,34)/t18?,19?,20?,23-,24-/m0/s1. The van der Waals surface area contributed by atoms with Gasteiger partial charge in [0.2, 0.25) is 0 Å². The van der Waals surface area contributed by atoms with E-state index in [4.69, 9.17) is 28.8 Å². The first-order valence-corrected chi connectivity index (χ1v) is 14.9. The predicted molar refractivity (Wildman–Crippen MR) is 159 cm³/mol. The second-order valence-corrected chi connectivity index (χ2v) is 12.6. The van der Waals surface area contributed by atoms with Crippen molar-refractivity contribution in [3.8, 4) is 0 Å². The van der Waals surface area contributed by atoms with Crippen LogP contribution in [0.5, 0.6) is 0 Å². The van der Waals surface area contributed by atoms with Gasteiger partial charge in [0.15, 0.2) is 6.10 Å². The smallest absolute Gasteiger partial charge is 0.408 e. The Balaban J connectivity index is 5.81. The first kappa shape index (κ1) is 40.4. The van der Waals surface area contributed by atoms with Gasteiger partial charge in [-0.15, -0.1) is 0 Å². The van der Waals surface area contributed by atoms with Crippen LogP contribution in [-0.4, -0.2) is 83.8 Å². The van der Waals surface area contributed by atoms with Gasteiger partial charge in [0.25, 0.3) is 0 Å². The Bertz CT molecular complexity index is 970. The molecule has 14 heteroatoms. The minimum absolute atomic E-state index is 0.0381. The summed E-state index contributed by atoms with van der Waals surface area (Å²) in [6.45, 7) is 16.1. The van der Waals surface area contributed by atoms with Crippen molar-refractivity contribution in [2.24, 2.45) is 11.8 Å². The van der Waals surface area contributed by atoms with Crippen LogP contribution in [0, 0.1) is 11.8 Å². The van der Waals surface area contributed by atoms with E-state index in [0.29, 0.717) is 12.8 Å². The molecule has 44 heavy (non-hydrogen) atoms. The summed E-state index contributed by atoms with van der Waals surface area (Å²) in [6, 6.07) is -2.23. The molecule has 0 aliphatic rings. The van der Waals surface area contributed by atoms with E-state index in [0.717, 1.165) is 0 Å². The second-order valence-electron chi connectivity index (χ2n) is 12.6. The van der Waals surface area contributed by atoms with Crippen molar-refractivity contribution in [2.75, 3.05) is 13.2 Å². The van der Waals surface area contributed by atoms with Crippen LogP contribution < -0.4 is 10.6 Å². The van der Waals surface area contributed by atoms with Gasteiger partial charge in [0, 0.05) is 12.8 Å². The monoisotopic (exact) mass is 632 g/mol. The highest BCUT2D eigenvalue weighted by molar-refractivity contribution is 5.83. The lowest BCUT2D eigenvalue weighted by Gasteiger charge is -2.28. The third kappa shape index (κ3) is 18.2. The average Bonchev–Trinajstić information content (AvgIpc) is 2.88. The van der Waals surface area contributed by atoms with Gasteiger partial charge in [-0.05, 0) is 59.8 Å². The summed E-state index contributed by atoms with van der Waals surface area (Å²) in [5.41, 5.74) is -1.62. The van der Waals surface area contributed by atoms with Crippen molar-refractivity contribution in [3.05, 3.63) is 0 Å². The zero-order valence-electron chi connectivity index (χ0n) is 27.8. The number of amides is 2. The Hall–Kier alpha value is -3.58. The maximum absolute atomic E-state index is 13.2. The summed E-state index contributed by atoms with van der Waals surface area (Å²) in [5, 5.41) is 13.8. The Morgan fingerprint density at radius 2 is 1.11 bits per heavy atom. The third-order valence-electron chi connectivity index (χ3n) is 6.17. The van der Waals surface area contributed by atoms with E-state index < -0.39 is 78.7 Å². The molecule has 0 heterocycles. The fourth-order valence-electron chi connectivity index (χ4n) is 3.47. The van der Waals surface area contributed by atoms with Crippen molar-refractivity contribution in [3.63, 3.8) is 0 Å². The molecular formula is C30H52N2O12. The molecule has 0 radical (unpaired) electrons. The molecule has 0 saturated carbocycles. The number of carboxylic acids is 1. The number of aliphatic carboxylic acids is 1. The molecular weight excluding hydrogens is 580 g/mol. The Kier molecular flexibility index (Phi) is 17.4.